The number of amides is 1. The third-order valence-electron chi connectivity index (χ3n) is 4.46. The number of ether oxygens (including phenoxy) is 2. The first-order chi connectivity index (χ1) is 13.9. The Labute approximate surface area is 170 Å². The highest BCUT2D eigenvalue weighted by Crippen LogP contribution is 2.30. The number of carbonyl (C=O) groups is 1. The van der Waals surface area contributed by atoms with Crippen molar-refractivity contribution in [3.8, 4) is 11.5 Å². The molecule has 3 rings (SSSR count). The van der Waals surface area contributed by atoms with Gasteiger partial charge >= 0.3 is 0 Å². The highest BCUT2D eigenvalue weighted by Gasteiger charge is 2.14. The van der Waals surface area contributed by atoms with Crippen molar-refractivity contribution in [1.82, 2.24) is 9.97 Å². The maximum Gasteiger partial charge on any atom is 0.274 e. The molecule has 2 N–H and O–H groups in total. The van der Waals surface area contributed by atoms with Gasteiger partial charge in [-0.3, -0.25) is 4.79 Å². The lowest BCUT2D eigenvalue weighted by Crippen LogP contribution is -2.16. The van der Waals surface area contributed by atoms with Crippen molar-refractivity contribution in [1.29, 1.82) is 0 Å². The van der Waals surface area contributed by atoms with E-state index in [-0.39, 0.29) is 11.6 Å². The van der Waals surface area contributed by atoms with Crippen molar-refractivity contribution >= 4 is 23.2 Å². The normalized spacial score (nSPS) is 10.4. The first-order valence-electron chi connectivity index (χ1n) is 9.12. The molecule has 1 aromatic heterocycles. The molecule has 0 fully saturated rings. The van der Waals surface area contributed by atoms with Gasteiger partial charge < -0.3 is 20.1 Å². The lowest BCUT2D eigenvalue weighted by molar-refractivity contribution is 0.102. The van der Waals surface area contributed by atoms with Gasteiger partial charge in [0.15, 0.2) is 0 Å². The van der Waals surface area contributed by atoms with Gasteiger partial charge in [0, 0.05) is 18.0 Å². The topological polar surface area (TPSA) is 85.4 Å². The molecule has 0 aliphatic heterocycles. The van der Waals surface area contributed by atoms with E-state index in [9.17, 15) is 4.79 Å². The summed E-state index contributed by atoms with van der Waals surface area (Å²) in [4.78, 5) is 21.3. The van der Waals surface area contributed by atoms with Crippen molar-refractivity contribution in [3.63, 3.8) is 0 Å². The second-order valence-corrected chi connectivity index (χ2v) is 6.68. The zero-order chi connectivity index (χ0) is 21.0. The summed E-state index contributed by atoms with van der Waals surface area (Å²) in [6.07, 6.45) is 1.54. The summed E-state index contributed by atoms with van der Waals surface area (Å²) in [6.45, 7) is 5.97. The smallest absolute Gasteiger partial charge is 0.274 e. The predicted octanol–water partition coefficient (Wildman–Crippen LogP) is 4.41. The quantitative estimate of drug-likeness (QED) is 0.646. The summed E-state index contributed by atoms with van der Waals surface area (Å²) in [6, 6.07) is 11.0. The first kappa shape index (κ1) is 20.1. The van der Waals surface area contributed by atoms with E-state index in [1.165, 1.54) is 6.20 Å². The van der Waals surface area contributed by atoms with Crippen LogP contribution in [-0.2, 0) is 0 Å². The molecular weight excluding hydrogens is 368 g/mol. The van der Waals surface area contributed by atoms with Gasteiger partial charge in [-0.1, -0.05) is 17.7 Å². The number of hydrogen-bond acceptors (Lipinski definition) is 6. The molecule has 0 atom stereocenters. The Hall–Kier alpha value is -3.61. The second-order valence-electron chi connectivity index (χ2n) is 6.68. The van der Waals surface area contributed by atoms with Crippen molar-refractivity contribution in [2.45, 2.75) is 20.8 Å². The van der Waals surface area contributed by atoms with Crippen LogP contribution in [0.1, 0.15) is 27.2 Å². The van der Waals surface area contributed by atoms with Crippen LogP contribution in [-0.4, -0.2) is 30.1 Å². The molecule has 1 heterocycles. The van der Waals surface area contributed by atoms with Crippen LogP contribution in [0, 0.1) is 20.8 Å². The van der Waals surface area contributed by atoms with Crippen LogP contribution < -0.4 is 20.1 Å². The zero-order valence-corrected chi connectivity index (χ0v) is 17.2. The monoisotopic (exact) mass is 392 g/mol. The molecule has 1 amide bonds. The molecule has 0 aliphatic rings. The minimum Gasteiger partial charge on any atom is -0.497 e. The molecule has 7 nitrogen and oxygen atoms in total. The van der Waals surface area contributed by atoms with Gasteiger partial charge in [0.2, 0.25) is 5.95 Å². The maximum absolute atomic E-state index is 12.7. The van der Waals surface area contributed by atoms with Gasteiger partial charge in [-0.2, -0.15) is 0 Å². The highest BCUT2D eigenvalue weighted by atomic mass is 16.5. The van der Waals surface area contributed by atoms with Crippen LogP contribution in [0.15, 0.2) is 42.6 Å². The molecule has 0 saturated carbocycles. The van der Waals surface area contributed by atoms with E-state index in [0.29, 0.717) is 23.1 Å². The number of rotatable bonds is 6. The van der Waals surface area contributed by atoms with Gasteiger partial charge in [-0.15, -0.1) is 0 Å². The van der Waals surface area contributed by atoms with Crippen molar-refractivity contribution < 1.29 is 14.3 Å². The van der Waals surface area contributed by atoms with Crippen molar-refractivity contribution in [2.75, 3.05) is 24.9 Å². The Kier molecular flexibility index (Phi) is 5.97. The fourth-order valence-electron chi connectivity index (χ4n) is 3.12. The fourth-order valence-corrected chi connectivity index (χ4v) is 3.12. The molecule has 0 radical (unpaired) electrons. The number of aromatic nitrogens is 2. The van der Waals surface area contributed by atoms with E-state index >= 15 is 0 Å². The fraction of sp³-hybridized carbons (Fsp3) is 0.227. The van der Waals surface area contributed by atoms with Gasteiger partial charge in [0.25, 0.3) is 5.91 Å². The van der Waals surface area contributed by atoms with Crippen molar-refractivity contribution in [2.24, 2.45) is 0 Å². The van der Waals surface area contributed by atoms with Gasteiger partial charge in [0.05, 0.1) is 19.9 Å². The number of carbonyl (C=O) groups excluding carboxylic acids is 1. The van der Waals surface area contributed by atoms with E-state index in [4.69, 9.17) is 9.47 Å². The Morgan fingerprint density at radius 2 is 1.69 bits per heavy atom. The molecule has 0 unspecified atom stereocenters. The lowest BCUT2D eigenvalue weighted by Gasteiger charge is -2.13. The Bertz CT molecular complexity index is 1030. The van der Waals surface area contributed by atoms with Crippen LogP contribution >= 0.6 is 0 Å². The third kappa shape index (κ3) is 4.63. The molecule has 2 aromatic carbocycles. The van der Waals surface area contributed by atoms with E-state index in [2.05, 4.69) is 20.6 Å². The number of nitrogens with zero attached hydrogens (tertiary/aromatic N) is 2. The number of hydrogen-bond donors (Lipinski definition) is 2. The molecule has 0 saturated heterocycles. The van der Waals surface area contributed by atoms with E-state index in [1.54, 1.807) is 38.5 Å². The van der Waals surface area contributed by atoms with Gasteiger partial charge in [-0.25, -0.2) is 9.97 Å². The molecule has 0 spiro atoms. The van der Waals surface area contributed by atoms with Crippen LogP contribution in [0.2, 0.25) is 0 Å². The molecule has 7 heteroatoms. The third-order valence-corrected chi connectivity index (χ3v) is 4.46. The standard InChI is InChI=1S/C22H24N4O3/c1-13-10-14(2)20(15(3)11-13)26-21(27)18-8-9-23-22(25-18)24-17-7-6-16(28-4)12-19(17)29-5/h6-12H,1-5H3,(H,26,27)(H,23,24,25). The molecular formula is C22H24N4O3. The first-order valence-corrected chi connectivity index (χ1v) is 9.12. The Morgan fingerprint density at radius 3 is 2.34 bits per heavy atom. The Morgan fingerprint density at radius 1 is 0.966 bits per heavy atom. The average Bonchev–Trinajstić information content (AvgIpc) is 2.71. The Balaban J connectivity index is 1.82. The number of methoxy groups -OCH3 is 2. The second kappa shape index (κ2) is 8.60. The summed E-state index contributed by atoms with van der Waals surface area (Å²) < 4.78 is 10.6. The molecule has 0 bridgehead atoms. The summed E-state index contributed by atoms with van der Waals surface area (Å²) in [5, 5.41) is 6.03. The summed E-state index contributed by atoms with van der Waals surface area (Å²) in [5.41, 5.74) is 4.88. The van der Waals surface area contributed by atoms with Gasteiger partial charge in [-0.05, 0) is 50.1 Å². The van der Waals surface area contributed by atoms with Gasteiger partial charge in [0.1, 0.15) is 17.2 Å². The van der Waals surface area contributed by atoms with Crippen LogP contribution in [0.5, 0.6) is 11.5 Å². The van der Waals surface area contributed by atoms with E-state index in [0.717, 1.165) is 22.4 Å². The summed E-state index contributed by atoms with van der Waals surface area (Å²) in [5.74, 6) is 1.24. The molecule has 29 heavy (non-hydrogen) atoms. The lowest BCUT2D eigenvalue weighted by atomic mass is 10.1. The molecule has 150 valence electrons. The minimum atomic E-state index is -0.299. The minimum absolute atomic E-state index is 0.259. The van der Waals surface area contributed by atoms with E-state index < -0.39 is 0 Å². The molecule has 3 aromatic rings. The summed E-state index contributed by atoms with van der Waals surface area (Å²) in [7, 11) is 3.15. The average molecular weight is 392 g/mol. The number of nitrogens with one attached hydrogen (secondary N) is 2. The zero-order valence-electron chi connectivity index (χ0n) is 17.2. The number of anilines is 3. The number of benzene rings is 2. The SMILES string of the molecule is COc1ccc(Nc2nccc(C(=O)Nc3c(C)cc(C)cc3C)n2)c(OC)c1. The number of aryl methyl sites for hydroxylation is 3. The highest BCUT2D eigenvalue weighted by molar-refractivity contribution is 6.03. The van der Waals surface area contributed by atoms with Crippen molar-refractivity contribution in [3.05, 3.63) is 65.0 Å². The van der Waals surface area contributed by atoms with Crippen LogP contribution in [0.25, 0.3) is 0 Å². The maximum atomic E-state index is 12.7. The largest absolute Gasteiger partial charge is 0.497 e. The predicted molar refractivity (Wildman–Crippen MR) is 113 cm³/mol. The van der Waals surface area contributed by atoms with E-state index in [1.807, 2.05) is 32.9 Å². The van der Waals surface area contributed by atoms with Crippen LogP contribution in [0.3, 0.4) is 0 Å². The summed E-state index contributed by atoms with van der Waals surface area (Å²) >= 11 is 0. The molecule has 0 aliphatic carbocycles. The van der Waals surface area contributed by atoms with Crippen LogP contribution in [0.4, 0.5) is 17.3 Å².